The Labute approximate surface area is 115 Å². The fourth-order valence-corrected chi connectivity index (χ4v) is 3.03. The normalized spacial score (nSPS) is 30.7. The van der Waals surface area contributed by atoms with Crippen molar-refractivity contribution in [1.29, 1.82) is 0 Å². The predicted octanol–water partition coefficient (Wildman–Crippen LogP) is 0.892. The summed E-state index contributed by atoms with van der Waals surface area (Å²) in [6, 6.07) is 0.555. The molecule has 2 unspecified atom stereocenters. The minimum Gasteiger partial charge on any atom is -0.481 e. The molecule has 19 heavy (non-hydrogen) atoms. The van der Waals surface area contributed by atoms with Crippen LogP contribution in [-0.4, -0.2) is 72.4 Å². The van der Waals surface area contributed by atoms with Crippen LogP contribution in [0.3, 0.4) is 0 Å². The van der Waals surface area contributed by atoms with Crippen LogP contribution in [0.15, 0.2) is 0 Å². The third-order valence-electron chi connectivity index (χ3n) is 4.22. The van der Waals surface area contributed by atoms with Crippen LogP contribution in [0.2, 0.25) is 0 Å². The first-order chi connectivity index (χ1) is 9.06. The number of likely N-dealkylation sites (tertiary alicyclic amines) is 1. The van der Waals surface area contributed by atoms with Gasteiger partial charge in [0.05, 0.1) is 18.6 Å². The van der Waals surface area contributed by atoms with Crippen molar-refractivity contribution in [3.63, 3.8) is 0 Å². The summed E-state index contributed by atoms with van der Waals surface area (Å²) in [5, 5.41) is 9.11. The molecule has 0 radical (unpaired) electrons. The molecule has 2 atom stereocenters. The average Bonchev–Trinajstić information content (AvgIpc) is 2.39. The molecule has 5 nitrogen and oxygen atoms in total. The summed E-state index contributed by atoms with van der Waals surface area (Å²) in [6.45, 7) is 9.74. The molecule has 0 aliphatic carbocycles. The number of morpholine rings is 1. The van der Waals surface area contributed by atoms with Gasteiger partial charge in [-0.2, -0.15) is 0 Å². The lowest BCUT2D eigenvalue weighted by molar-refractivity contribution is -0.144. The third kappa shape index (κ3) is 4.16. The minimum absolute atomic E-state index is 0.196. The van der Waals surface area contributed by atoms with E-state index in [1.54, 1.807) is 0 Å². The second-order valence-electron chi connectivity index (χ2n) is 6.02. The Balaban J connectivity index is 1.81. The van der Waals surface area contributed by atoms with Crippen molar-refractivity contribution in [2.75, 3.05) is 39.3 Å². The summed E-state index contributed by atoms with van der Waals surface area (Å²) >= 11 is 0. The Morgan fingerprint density at radius 2 is 2.16 bits per heavy atom. The van der Waals surface area contributed by atoms with E-state index in [9.17, 15) is 4.79 Å². The van der Waals surface area contributed by atoms with Crippen molar-refractivity contribution in [2.24, 2.45) is 5.92 Å². The van der Waals surface area contributed by atoms with E-state index in [0.717, 1.165) is 45.6 Å². The molecule has 1 N–H and O–H groups in total. The summed E-state index contributed by atoms with van der Waals surface area (Å²) in [7, 11) is 0. The second-order valence-corrected chi connectivity index (χ2v) is 6.02. The molecule has 5 heteroatoms. The molecule has 2 heterocycles. The summed E-state index contributed by atoms with van der Waals surface area (Å²) in [4.78, 5) is 15.8. The van der Waals surface area contributed by atoms with Gasteiger partial charge in [-0.05, 0) is 33.2 Å². The zero-order chi connectivity index (χ0) is 13.8. The average molecular weight is 270 g/mol. The number of ether oxygens (including phenoxy) is 1. The summed E-state index contributed by atoms with van der Waals surface area (Å²) in [6.07, 6.45) is 2.02. The number of aliphatic carboxylic acids is 1. The summed E-state index contributed by atoms with van der Waals surface area (Å²) in [5.74, 6) is -0.850. The Bertz CT molecular complexity index is 309. The highest BCUT2D eigenvalue weighted by Gasteiger charge is 2.29. The maximum absolute atomic E-state index is 11.1. The Morgan fingerprint density at radius 3 is 2.84 bits per heavy atom. The Morgan fingerprint density at radius 1 is 1.37 bits per heavy atom. The molecule has 0 bridgehead atoms. The Hall–Kier alpha value is -0.650. The first-order valence-corrected chi connectivity index (χ1v) is 7.37. The van der Waals surface area contributed by atoms with Crippen molar-refractivity contribution in [3.8, 4) is 0 Å². The second kappa shape index (κ2) is 6.68. The van der Waals surface area contributed by atoms with Gasteiger partial charge >= 0.3 is 5.97 Å². The quantitative estimate of drug-likeness (QED) is 0.822. The SMILES string of the molecule is CC(C)N1CCOC(CN2CCCC(C(=O)O)C2)C1. The van der Waals surface area contributed by atoms with E-state index >= 15 is 0 Å². The molecule has 110 valence electrons. The van der Waals surface area contributed by atoms with Gasteiger partial charge in [0.1, 0.15) is 0 Å². The van der Waals surface area contributed by atoms with Gasteiger partial charge in [-0.25, -0.2) is 0 Å². The van der Waals surface area contributed by atoms with Gasteiger partial charge in [-0.15, -0.1) is 0 Å². The molecule has 0 aromatic carbocycles. The maximum atomic E-state index is 11.1. The number of piperidine rings is 1. The highest BCUT2D eigenvalue weighted by molar-refractivity contribution is 5.70. The lowest BCUT2D eigenvalue weighted by Gasteiger charge is -2.39. The maximum Gasteiger partial charge on any atom is 0.307 e. The van der Waals surface area contributed by atoms with Crippen molar-refractivity contribution in [1.82, 2.24) is 9.80 Å². The molecule has 0 aromatic heterocycles. The van der Waals surface area contributed by atoms with Gasteiger partial charge < -0.3 is 9.84 Å². The van der Waals surface area contributed by atoms with Gasteiger partial charge in [0, 0.05) is 32.2 Å². The molecular weight excluding hydrogens is 244 g/mol. The zero-order valence-corrected chi connectivity index (χ0v) is 12.0. The van der Waals surface area contributed by atoms with Crippen molar-refractivity contribution < 1.29 is 14.6 Å². The monoisotopic (exact) mass is 270 g/mol. The van der Waals surface area contributed by atoms with Crippen LogP contribution in [0, 0.1) is 5.92 Å². The number of hydrogen-bond donors (Lipinski definition) is 1. The molecule has 2 rings (SSSR count). The van der Waals surface area contributed by atoms with E-state index in [-0.39, 0.29) is 12.0 Å². The number of nitrogens with zero attached hydrogens (tertiary/aromatic N) is 2. The largest absolute Gasteiger partial charge is 0.481 e. The van der Waals surface area contributed by atoms with Crippen LogP contribution in [0.25, 0.3) is 0 Å². The van der Waals surface area contributed by atoms with E-state index in [4.69, 9.17) is 9.84 Å². The number of hydrogen-bond acceptors (Lipinski definition) is 4. The van der Waals surface area contributed by atoms with Gasteiger partial charge in [0.25, 0.3) is 0 Å². The molecule has 0 amide bonds. The van der Waals surface area contributed by atoms with Gasteiger partial charge in [0.2, 0.25) is 0 Å². The minimum atomic E-state index is -0.655. The van der Waals surface area contributed by atoms with Crippen LogP contribution in [0.1, 0.15) is 26.7 Å². The molecule has 0 aromatic rings. The smallest absolute Gasteiger partial charge is 0.307 e. The van der Waals surface area contributed by atoms with Crippen LogP contribution in [-0.2, 0) is 9.53 Å². The summed E-state index contributed by atoms with van der Waals surface area (Å²) in [5.41, 5.74) is 0. The lowest BCUT2D eigenvalue weighted by Crippen LogP contribution is -2.51. The van der Waals surface area contributed by atoms with E-state index in [0.29, 0.717) is 12.6 Å². The number of rotatable bonds is 4. The standard InChI is InChI=1S/C14H26N2O3/c1-11(2)16-6-7-19-13(10-16)9-15-5-3-4-12(8-15)14(17)18/h11-13H,3-10H2,1-2H3,(H,17,18). The molecule has 2 saturated heterocycles. The van der Waals surface area contributed by atoms with Crippen LogP contribution in [0.4, 0.5) is 0 Å². The van der Waals surface area contributed by atoms with Crippen molar-refractivity contribution >= 4 is 5.97 Å². The number of carboxylic acid groups (broad SMARTS) is 1. The fraction of sp³-hybridized carbons (Fsp3) is 0.929. The topological polar surface area (TPSA) is 53.0 Å². The molecule has 2 fully saturated rings. The van der Waals surface area contributed by atoms with Crippen LogP contribution < -0.4 is 0 Å². The van der Waals surface area contributed by atoms with Crippen molar-refractivity contribution in [3.05, 3.63) is 0 Å². The van der Waals surface area contributed by atoms with Gasteiger partial charge in [-0.1, -0.05) is 0 Å². The molecule has 0 spiro atoms. The molecule has 2 aliphatic rings. The fourth-order valence-electron chi connectivity index (χ4n) is 3.03. The van der Waals surface area contributed by atoms with Crippen molar-refractivity contribution in [2.45, 2.75) is 38.8 Å². The predicted molar refractivity (Wildman–Crippen MR) is 73.2 cm³/mol. The highest BCUT2D eigenvalue weighted by atomic mass is 16.5. The van der Waals surface area contributed by atoms with E-state index in [1.165, 1.54) is 0 Å². The molecule has 2 aliphatic heterocycles. The zero-order valence-electron chi connectivity index (χ0n) is 12.0. The number of carboxylic acids is 1. The summed E-state index contributed by atoms with van der Waals surface area (Å²) < 4.78 is 5.83. The van der Waals surface area contributed by atoms with E-state index < -0.39 is 5.97 Å². The lowest BCUT2D eigenvalue weighted by atomic mass is 9.98. The highest BCUT2D eigenvalue weighted by Crippen LogP contribution is 2.18. The van der Waals surface area contributed by atoms with Gasteiger partial charge in [0.15, 0.2) is 0 Å². The molecule has 0 saturated carbocycles. The molecular formula is C14H26N2O3. The van der Waals surface area contributed by atoms with E-state index in [2.05, 4.69) is 23.6 Å². The Kier molecular flexibility index (Phi) is 5.19. The van der Waals surface area contributed by atoms with Crippen LogP contribution in [0.5, 0.6) is 0 Å². The first-order valence-electron chi connectivity index (χ1n) is 7.37. The van der Waals surface area contributed by atoms with Crippen LogP contribution >= 0.6 is 0 Å². The third-order valence-corrected chi connectivity index (χ3v) is 4.22. The first kappa shape index (κ1) is 14.8. The number of carbonyl (C=O) groups is 1. The van der Waals surface area contributed by atoms with Gasteiger partial charge in [-0.3, -0.25) is 14.6 Å². The van der Waals surface area contributed by atoms with E-state index in [1.807, 2.05) is 0 Å².